The van der Waals surface area contributed by atoms with Crippen molar-refractivity contribution >= 4 is 22.1 Å². The topological polar surface area (TPSA) is 118 Å². The molecule has 0 radical (unpaired) electrons. The Morgan fingerprint density at radius 2 is 1.74 bits per heavy atom. The van der Waals surface area contributed by atoms with Crippen LogP contribution in [0.25, 0.3) is 0 Å². The summed E-state index contributed by atoms with van der Waals surface area (Å²) in [6, 6.07) is 0. The first-order chi connectivity index (χ1) is 8.79. The third-order valence-corrected chi connectivity index (χ3v) is 4.74. The van der Waals surface area contributed by atoms with Crippen molar-refractivity contribution in [2.75, 3.05) is 12.4 Å². The monoisotopic (exact) mass is 292 g/mol. The summed E-state index contributed by atoms with van der Waals surface area (Å²) < 4.78 is 34.3. The van der Waals surface area contributed by atoms with Crippen LogP contribution in [0, 0.1) is 23.7 Å². The Bertz CT molecular complexity index is 483. The lowest BCUT2D eigenvalue weighted by atomic mass is 9.79. The second kappa shape index (κ2) is 5.09. The molecule has 4 unspecified atom stereocenters. The summed E-state index contributed by atoms with van der Waals surface area (Å²) in [6.45, 7) is -0.447. The van der Waals surface area contributed by atoms with Gasteiger partial charge in [0.2, 0.25) is 0 Å². The Morgan fingerprint density at radius 1 is 1.16 bits per heavy atom. The van der Waals surface area contributed by atoms with Gasteiger partial charge in [-0.25, -0.2) is 0 Å². The van der Waals surface area contributed by atoms with E-state index in [1.807, 2.05) is 0 Å². The fourth-order valence-corrected chi connectivity index (χ4v) is 3.62. The first-order valence-electron chi connectivity index (χ1n) is 6.14. The highest BCUT2D eigenvalue weighted by Crippen LogP contribution is 2.52. The van der Waals surface area contributed by atoms with E-state index in [0.29, 0.717) is 0 Å². The van der Waals surface area contributed by atoms with Gasteiger partial charge in [0.05, 0.1) is 11.8 Å². The molecule has 2 saturated carbocycles. The van der Waals surface area contributed by atoms with Crippen LogP contribution in [-0.4, -0.2) is 42.4 Å². The summed E-state index contributed by atoms with van der Waals surface area (Å²) >= 11 is 0. The van der Waals surface area contributed by atoms with Crippen LogP contribution >= 0.6 is 0 Å². The van der Waals surface area contributed by atoms with Crippen molar-refractivity contribution < 1.29 is 32.4 Å². The molecule has 0 aliphatic heterocycles. The van der Waals surface area contributed by atoms with Crippen molar-refractivity contribution in [3.05, 3.63) is 0 Å². The van der Waals surface area contributed by atoms with Crippen LogP contribution < -0.4 is 0 Å². The predicted molar refractivity (Wildman–Crippen MR) is 62.8 cm³/mol. The van der Waals surface area contributed by atoms with E-state index in [0.717, 1.165) is 19.3 Å². The van der Waals surface area contributed by atoms with Gasteiger partial charge in [-0.05, 0) is 31.1 Å². The lowest BCUT2D eigenvalue weighted by molar-refractivity contribution is -0.159. The van der Waals surface area contributed by atoms with Crippen molar-refractivity contribution in [1.29, 1.82) is 0 Å². The van der Waals surface area contributed by atoms with Gasteiger partial charge in [-0.3, -0.25) is 14.1 Å². The minimum absolute atomic E-state index is 0.0154. The zero-order valence-electron chi connectivity index (χ0n) is 10.2. The maximum atomic E-state index is 11.9. The SMILES string of the molecule is O=C(O)C1C2CCC(C2)C1C(=O)OCCS(=O)(=O)O. The number of rotatable bonds is 5. The molecule has 0 heterocycles. The van der Waals surface area contributed by atoms with E-state index in [1.54, 1.807) is 0 Å². The van der Waals surface area contributed by atoms with E-state index >= 15 is 0 Å². The summed E-state index contributed by atoms with van der Waals surface area (Å²) in [6.07, 6.45) is 2.35. The Balaban J connectivity index is 1.96. The highest BCUT2D eigenvalue weighted by atomic mass is 32.2. The number of aliphatic carboxylic acids is 1. The summed E-state index contributed by atoms with van der Waals surface area (Å²) in [7, 11) is -4.18. The zero-order chi connectivity index (χ0) is 14.2. The van der Waals surface area contributed by atoms with Crippen molar-refractivity contribution in [2.24, 2.45) is 23.7 Å². The minimum Gasteiger partial charge on any atom is -0.481 e. The molecule has 0 aromatic heterocycles. The van der Waals surface area contributed by atoms with E-state index in [9.17, 15) is 18.0 Å². The smallest absolute Gasteiger partial charge is 0.310 e. The number of carboxylic acids is 1. The Labute approximate surface area is 110 Å². The van der Waals surface area contributed by atoms with Crippen molar-refractivity contribution in [3.63, 3.8) is 0 Å². The molecule has 0 aromatic rings. The van der Waals surface area contributed by atoms with Gasteiger partial charge in [-0.1, -0.05) is 0 Å². The third-order valence-electron chi connectivity index (χ3n) is 4.06. The number of hydrogen-bond acceptors (Lipinski definition) is 5. The first kappa shape index (κ1) is 14.3. The lowest BCUT2D eigenvalue weighted by Crippen LogP contribution is -2.36. The molecular weight excluding hydrogens is 276 g/mol. The first-order valence-corrected chi connectivity index (χ1v) is 7.75. The molecule has 0 aromatic carbocycles. The second-order valence-corrected chi connectivity index (χ2v) is 6.75. The standard InChI is InChI=1S/C11H16O7S/c12-10(13)8-6-1-2-7(5-6)9(8)11(14)18-3-4-19(15,16)17/h6-9H,1-5H2,(H,12,13)(H,15,16,17). The summed E-state index contributed by atoms with van der Waals surface area (Å²) in [4.78, 5) is 23.1. The summed E-state index contributed by atoms with van der Waals surface area (Å²) in [5, 5.41) is 9.17. The predicted octanol–water partition coefficient (Wildman–Crippen LogP) is 0.164. The average molecular weight is 292 g/mol. The molecule has 7 nitrogen and oxygen atoms in total. The fraction of sp³-hybridized carbons (Fsp3) is 0.818. The number of carbonyl (C=O) groups excluding carboxylic acids is 1. The van der Waals surface area contributed by atoms with E-state index in [2.05, 4.69) is 0 Å². The molecule has 2 fully saturated rings. The molecule has 4 atom stereocenters. The third kappa shape index (κ3) is 3.06. The van der Waals surface area contributed by atoms with Gasteiger partial charge < -0.3 is 9.84 Å². The van der Waals surface area contributed by atoms with Crippen LogP contribution in [0.1, 0.15) is 19.3 Å². The van der Waals surface area contributed by atoms with E-state index in [1.165, 1.54) is 0 Å². The average Bonchev–Trinajstić information content (AvgIpc) is 2.85. The van der Waals surface area contributed by atoms with Crippen LogP contribution in [0.2, 0.25) is 0 Å². The highest BCUT2D eigenvalue weighted by Gasteiger charge is 2.54. The van der Waals surface area contributed by atoms with E-state index < -0.39 is 46.3 Å². The van der Waals surface area contributed by atoms with Gasteiger partial charge in [0.25, 0.3) is 10.1 Å². The maximum Gasteiger partial charge on any atom is 0.310 e. The normalized spacial score (nSPS) is 33.3. The minimum atomic E-state index is -4.18. The number of hydrogen-bond donors (Lipinski definition) is 2. The molecule has 2 rings (SSSR count). The molecule has 2 bridgehead atoms. The molecule has 2 aliphatic rings. The number of carbonyl (C=O) groups is 2. The quantitative estimate of drug-likeness (QED) is 0.547. The Morgan fingerprint density at radius 3 is 2.26 bits per heavy atom. The number of fused-ring (bicyclic) bond motifs is 2. The summed E-state index contributed by atoms with van der Waals surface area (Å²) in [5.74, 6) is -3.70. The molecule has 0 spiro atoms. The zero-order valence-corrected chi connectivity index (χ0v) is 11.0. The van der Waals surface area contributed by atoms with Crippen molar-refractivity contribution in [2.45, 2.75) is 19.3 Å². The van der Waals surface area contributed by atoms with Crippen LogP contribution in [-0.2, 0) is 24.4 Å². The number of ether oxygens (including phenoxy) is 1. The van der Waals surface area contributed by atoms with Crippen molar-refractivity contribution in [1.82, 2.24) is 0 Å². The van der Waals surface area contributed by atoms with Crippen LogP contribution in [0.3, 0.4) is 0 Å². The second-order valence-electron chi connectivity index (χ2n) is 5.18. The molecule has 2 aliphatic carbocycles. The largest absolute Gasteiger partial charge is 0.481 e. The molecule has 19 heavy (non-hydrogen) atoms. The molecule has 108 valence electrons. The van der Waals surface area contributed by atoms with Gasteiger partial charge in [-0.2, -0.15) is 8.42 Å². The van der Waals surface area contributed by atoms with E-state index in [-0.39, 0.29) is 11.8 Å². The number of esters is 1. The fourth-order valence-electron chi connectivity index (χ4n) is 3.33. The molecule has 2 N–H and O–H groups in total. The van der Waals surface area contributed by atoms with E-state index in [4.69, 9.17) is 14.4 Å². The lowest BCUT2D eigenvalue weighted by Gasteiger charge is -2.26. The number of carboxylic acid groups (broad SMARTS) is 1. The van der Waals surface area contributed by atoms with Crippen molar-refractivity contribution in [3.8, 4) is 0 Å². The summed E-state index contributed by atoms with van der Waals surface area (Å²) in [5.41, 5.74) is 0. The van der Waals surface area contributed by atoms with Gasteiger partial charge in [-0.15, -0.1) is 0 Å². The molecular formula is C11H16O7S. The highest BCUT2D eigenvalue weighted by molar-refractivity contribution is 7.85. The van der Waals surface area contributed by atoms with Gasteiger partial charge in [0.1, 0.15) is 12.4 Å². The Kier molecular flexibility index (Phi) is 3.82. The van der Waals surface area contributed by atoms with Crippen LogP contribution in [0.5, 0.6) is 0 Å². The Hall–Kier alpha value is -1.15. The van der Waals surface area contributed by atoms with Gasteiger partial charge >= 0.3 is 11.9 Å². The molecule has 8 heteroatoms. The van der Waals surface area contributed by atoms with Crippen LogP contribution in [0.4, 0.5) is 0 Å². The molecule has 0 amide bonds. The molecule has 0 saturated heterocycles. The van der Waals surface area contributed by atoms with Gasteiger partial charge in [0.15, 0.2) is 0 Å². The van der Waals surface area contributed by atoms with Crippen LogP contribution in [0.15, 0.2) is 0 Å². The van der Waals surface area contributed by atoms with Gasteiger partial charge in [0, 0.05) is 0 Å². The maximum absolute atomic E-state index is 11.9.